The zero-order chi connectivity index (χ0) is 12.7. The molecule has 3 heterocycles. The van der Waals surface area contributed by atoms with Gasteiger partial charge in [-0.05, 0) is 61.5 Å². The van der Waals surface area contributed by atoms with Crippen LogP contribution in [0.4, 0.5) is 5.82 Å². The molecule has 1 aliphatic carbocycles. The number of anilines is 1. The summed E-state index contributed by atoms with van der Waals surface area (Å²) in [4.78, 5) is 4.79. The van der Waals surface area contributed by atoms with Crippen molar-refractivity contribution in [1.29, 1.82) is 0 Å². The van der Waals surface area contributed by atoms with E-state index in [0.717, 1.165) is 30.1 Å². The van der Waals surface area contributed by atoms with Crippen LogP contribution in [0.5, 0.6) is 0 Å². The van der Waals surface area contributed by atoms with Crippen molar-refractivity contribution in [3.8, 4) is 0 Å². The SMILES string of the molecule is c1cc2c(nc1CCC1CC3(CNC3)C1)NCCC2. The molecule has 1 aromatic heterocycles. The number of aromatic nitrogens is 1. The second kappa shape index (κ2) is 4.48. The molecule has 1 spiro atoms. The maximum absolute atomic E-state index is 4.79. The second-order valence-electron chi connectivity index (χ2n) is 6.76. The third kappa shape index (κ3) is 2.14. The third-order valence-electron chi connectivity index (χ3n) is 5.20. The van der Waals surface area contributed by atoms with E-state index in [1.165, 1.54) is 56.5 Å². The Morgan fingerprint density at radius 2 is 2.16 bits per heavy atom. The van der Waals surface area contributed by atoms with Crippen LogP contribution in [0, 0.1) is 11.3 Å². The van der Waals surface area contributed by atoms with Gasteiger partial charge in [0.25, 0.3) is 0 Å². The van der Waals surface area contributed by atoms with Crippen molar-refractivity contribution in [2.75, 3.05) is 25.0 Å². The van der Waals surface area contributed by atoms with Crippen molar-refractivity contribution >= 4 is 5.82 Å². The van der Waals surface area contributed by atoms with Gasteiger partial charge in [-0.25, -0.2) is 4.98 Å². The lowest BCUT2D eigenvalue weighted by Crippen LogP contribution is -2.60. The lowest BCUT2D eigenvalue weighted by molar-refractivity contribution is -0.00311. The average molecular weight is 257 g/mol. The Morgan fingerprint density at radius 3 is 2.95 bits per heavy atom. The number of rotatable bonds is 3. The molecule has 102 valence electrons. The Morgan fingerprint density at radius 1 is 1.26 bits per heavy atom. The predicted molar refractivity (Wildman–Crippen MR) is 77.4 cm³/mol. The summed E-state index contributed by atoms with van der Waals surface area (Å²) in [6.07, 6.45) is 7.81. The maximum atomic E-state index is 4.79. The van der Waals surface area contributed by atoms with Crippen LogP contribution in [0.2, 0.25) is 0 Å². The summed E-state index contributed by atoms with van der Waals surface area (Å²) < 4.78 is 0. The molecule has 3 nitrogen and oxygen atoms in total. The van der Waals surface area contributed by atoms with Gasteiger partial charge in [-0.3, -0.25) is 0 Å². The van der Waals surface area contributed by atoms with Crippen molar-refractivity contribution in [2.24, 2.45) is 11.3 Å². The van der Waals surface area contributed by atoms with Gasteiger partial charge in [0, 0.05) is 25.3 Å². The Balaban J connectivity index is 1.33. The molecule has 2 N–H and O–H groups in total. The van der Waals surface area contributed by atoms with Gasteiger partial charge in [0.1, 0.15) is 5.82 Å². The minimum absolute atomic E-state index is 0.718. The van der Waals surface area contributed by atoms with Gasteiger partial charge in [0.15, 0.2) is 0 Å². The molecule has 0 aromatic carbocycles. The topological polar surface area (TPSA) is 37.0 Å². The van der Waals surface area contributed by atoms with Crippen molar-refractivity contribution in [3.63, 3.8) is 0 Å². The molecule has 2 fully saturated rings. The van der Waals surface area contributed by atoms with Crippen molar-refractivity contribution in [1.82, 2.24) is 10.3 Å². The van der Waals surface area contributed by atoms with Gasteiger partial charge in [0.2, 0.25) is 0 Å². The van der Waals surface area contributed by atoms with Crippen LogP contribution in [-0.4, -0.2) is 24.6 Å². The molecule has 0 radical (unpaired) electrons. The summed E-state index contributed by atoms with van der Waals surface area (Å²) in [5.41, 5.74) is 3.40. The van der Waals surface area contributed by atoms with Gasteiger partial charge in [-0.1, -0.05) is 6.07 Å². The first-order chi connectivity index (χ1) is 9.33. The quantitative estimate of drug-likeness (QED) is 0.873. The van der Waals surface area contributed by atoms with E-state index in [9.17, 15) is 0 Å². The van der Waals surface area contributed by atoms with Crippen LogP contribution in [0.1, 0.15) is 36.9 Å². The molecule has 3 aliphatic rings. The number of nitrogens with zero attached hydrogens (tertiary/aromatic N) is 1. The van der Waals surface area contributed by atoms with E-state index in [1.54, 1.807) is 0 Å². The fraction of sp³-hybridized carbons (Fsp3) is 0.688. The zero-order valence-corrected chi connectivity index (χ0v) is 11.5. The van der Waals surface area contributed by atoms with E-state index in [2.05, 4.69) is 22.8 Å². The van der Waals surface area contributed by atoms with Crippen LogP contribution in [0.25, 0.3) is 0 Å². The molecule has 3 heteroatoms. The molecular formula is C16H23N3. The lowest BCUT2D eigenvalue weighted by atomic mass is 9.57. The summed E-state index contributed by atoms with van der Waals surface area (Å²) in [5.74, 6) is 2.10. The maximum Gasteiger partial charge on any atom is 0.129 e. The number of pyridine rings is 1. The molecule has 1 saturated carbocycles. The zero-order valence-electron chi connectivity index (χ0n) is 11.5. The molecular weight excluding hydrogens is 234 g/mol. The third-order valence-corrected chi connectivity index (χ3v) is 5.20. The number of hydrogen-bond acceptors (Lipinski definition) is 3. The molecule has 0 unspecified atom stereocenters. The molecule has 19 heavy (non-hydrogen) atoms. The van der Waals surface area contributed by atoms with Gasteiger partial charge in [-0.15, -0.1) is 0 Å². The summed E-state index contributed by atoms with van der Waals surface area (Å²) in [7, 11) is 0. The van der Waals surface area contributed by atoms with Crippen LogP contribution >= 0.6 is 0 Å². The Bertz CT molecular complexity index is 471. The first-order valence-electron chi connectivity index (χ1n) is 7.76. The van der Waals surface area contributed by atoms with Crippen LogP contribution in [-0.2, 0) is 12.8 Å². The molecule has 2 aliphatic heterocycles. The largest absolute Gasteiger partial charge is 0.370 e. The van der Waals surface area contributed by atoms with Crippen molar-refractivity contribution in [2.45, 2.75) is 38.5 Å². The Labute approximate surface area is 115 Å². The van der Waals surface area contributed by atoms with E-state index in [-0.39, 0.29) is 0 Å². The monoisotopic (exact) mass is 257 g/mol. The molecule has 0 atom stereocenters. The van der Waals surface area contributed by atoms with Gasteiger partial charge in [0.05, 0.1) is 0 Å². The fourth-order valence-electron chi connectivity index (χ4n) is 4.00. The van der Waals surface area contributed by atoms with Crippen LogP contribution in [0.15, 0.2) is 12.1 Å². The van der Waals surface area contributed by atoms with E-state index < -0.39 is 0 Å². The minimum Gasteiger partial charge on any atom is -0.370 e. The molecule has 4 rings (SSSR count). The van der Waals surface area contributed by atoms with Crippen LogP contribution in [0.3, 0.4) is 0 Å². The Kier molecular flexibility index (Phi) is 2.76. The highest BCUT2D eigenvalue weighted by molar-refractivity contribution is 5.47. The highest BCUT2D eigenvalue weighted by Crippen LogP contribution is 2.49. The number of hydrogen-bond donors (Lipinski definition) is 2. The van der Waals surface area contributed by atoms with Gasteiger partial charge >= 0.3 is 0 Å². The highest BCUT2D eigenvalue weighted by atomic mass is 15.0. The Hall–Kier alpha value is -1.09. The molecule has 1 saturated heterocycles. The smallest absolute Gasteiger partial charge is 0.129 e. The number of aryl methyl sites for hydroxylation is 2. The second-order valence-corrected chi connectivity index (χ2v) is 6.76. The van der Waals surface area contributed by atoms with E-state index >= 15 is 0 Å². The summed E-state index contributed by atoms with van der Waals surface area (Å²) in [6.45, 7) is 3.62. The predicted octanol–water partition coefficient (Wildman–Crippen LogP) is 2.37. The van der Waals surface area contributed by atoms with Gasteiger partial charge < -0.3 is 10.6 Å². The van der Waals surface area contributed by atoms with Crippen molar-refractivity contribution < 1.29 is 0 Å². The summed E-state index contributed by atoms with van der Waals surface area (Å²) in [6, 6.07) is 4.52. The first-order valence-corrected chi connectivity index (χ1v) is 7.76. The van der Waals surface area contributed by atoms with Crippen LogP contribution < -0.4 is 10.6 Å². The summed E-state index contributed by atoms with van der Waals surface area (Å²) in [5, 5.41) is 6.84. The summed E-state index contributed by atoms with van der Waals surface area (Å²) >= 11 is 0. The average Bonchev–Trinajstić information content (AvgIpc) is 2.35. The molecule has 0 bridgehead atoms. The lowest BCUT2D eigenvalue weighted by Gasteiger charge is -2.54. The van der Waals surface area contributed by atoms with E-state index in [4.69, 9.17) is 4.98 Å². The van der Waals surface area contributed by atoms with Gasteiger partial charge in [-0.2, -0.15) is 0 Å². The highest BCUT2D eigenvalue weighted by Gasteiger charge is 2.47. The first kappa shape index (κ1) is 11.7. The normalized spacial score (nSPS) is 24.2. The van der Waals surface area contributed by atoms with E-state index in [0.29, 0.717) is 0 Å². The van der Waals surface area contributed by atoms with Crippen molar-refractivity contribution in [3.05, 3.63) is 23.4 Å². The standard InChI is InChI=1S/C16H23N3/c1-2-13-4-6-14(19-15(13)18-7-1)5-3-12-8-16(9-12)10-17-11-16/h4,6,12,17H,1-3,5,7-11H2,(H,18,19). The minimum atomic E-state index is 0.718. The number of nitrogens with one attached hydrogen (secondary N) is 2. The fourth-order valence-corrected chi connectivity index (χ4v) is 4.00. The van der Waals surface area contributed by atoms with E-state index in [1.807, 2.05) is 0 Å². The number of fused-ring (bicyclic) bond motifs is 1. The molecule has 0 amide bonds. The molecule has 1 aromatic rings.